The quantitative estimate of drug-likeness (QED) is 0.0419. The van der Waals surface area contributed by atoms with E-state index in [1.54, 1.807) is 19.1 Å². The van der Waals surface area contributed by atoms with Crippen LogP contribution in [0.1, 0.15) is 91.9 Å². The molecule has 13 heteroatoms. The predicted octanol–water partition coefficient (Wildman–Crippen LogP) is 8.31. The number of allylic oxidation sites excluding steroid dienone is 2. The Kier molecular flexibility index (Phi) is 16.2. The number of thiazole rings is 1. The van der Waals surface area contributed by atoms with Crippen LogP contribution in [-0.4, -0.2) is 73.9 Å². The summed E-state index contributed by atoms with van der Waals surface area (Å²) in [6.45, 7) is 15.0. The minimum atomic E-state index is -3.63. The molecule has 0 radical (unpaired) electrons. The van der Waals surface area contributed by atoms with Gasteiger partial charge in [0, 0.05) is 18.9 Å². The topological polar surface area (TPSA) is 144 Å². The first-order valence-electron chi connectivity index (χ1n) is 19.0. The van der Waals surface area contributed by atoms with E-state index < -0.39 is 45.2 Å². The van der Waals surface area contributed by atoms with E-state index in [1.165, 1.54) is 29.6 Å². The van der Waals surface area contributed by atoms with Crippen LogP contribution >= 0.6 is 11.3 Å². The summed E-state index contributed by atoms with van der Waals surface area (Å²) in [6.07, 6.45) is 13.5. The molecule has 0 aliphatic carbocycles. The monoisotopic (exact) mass is 797 g/mol. The van der Waals surface area contributed by atoms with Gasteiger partial charge in [0.05, 0.1) is 34.9 Å². The molecule has 11 nitrogen and oxygen atoms in total. The molecule has 1 aromatic heterocycles. The molecule has 1 aromatic carbocycles. The fourth-order valence-corrected chi connectivity index (χ4v) is 9.55. The molecular formula is C42H55NO10S2. The third kappa shape index (κ3) is 12.5. The first kappa shape index (κ1) is 43.8. The Bertz CT molecular complexity index is 1850. The number of benzene rings is 1. The van der Waals surface area contributed by atoms with Crippen LogP contribution in [0.15, 0.2) is 89.4 Å². The summed E-state index contributed by atoms with van der Waals surface area (Å²) >= 11 is 1.18. The second-order valence-corrected chi connectivity index (χ2v) is 17.6. The maximum atomic E-state index is 13.3. The zero-order chi connectivity index (χ0) is 40.1. The second-order valence-electron chi connectivity index (χ2n) is 14.4. The highest BCUT2D eigenvalue weighted by molar-refractivity contribution is 7.93. The van der Waals surface area contributed by atoms with Crippen molar-refractivity contribution in [3.63, 3.8) is 0 Å². The van der Waals surface area contributed by atoms with E-state index in [2.05, 4.69) is 32.0 Å². The van der Waals surface area contributed by atoms with E-state index >= 15 is 0 Å². The number of unbranched alkanes of at least 4 members (excludes halogenated alkanes) is 1. The number of hydrogen-bond acceptors (Lipinski definition) is 12. The summed E-state index contributed by atoms with van der Waals surface area (Å²) in [6, 6.07) is 7.38. The lowest BCUT2D eigenvalue weighted by atomic mass is 9.85. The largest absolute Gasteiger partial charge is 0.461 e. The van der Waals surface area contributed by atoms with Crippen molar-refractivity contribution in [1.29, 1.82) is 0 Å². The van der Waals surface area contributed by atoms with Gasteiger partial charge in [0.15, 0.2) is 5.79 Å². The van der Waals surface area contributed by atoms with Crippen molar-refractivity contribution in [2.45, 2.75) is 120 Å². The van der Waals surface area contributed by atoms with Gasteiger partial charge in [0.2, 0.25) is 14.2 Å². The molecule has 2 aliphatic heterocycles. The van der Waals surface area contributed by atoms with Crippen LogP contribution in [0.4, 0.5) is 0 Å². The van der Waals surface area contributed by atoms with Gasteiger partial charge in [-0.05, 0) is 69.2 Å². The molecule has 0 N–H and O–H groups in total. The molecule has 5 atom stereocenters. The normalized spacial score (nSPS) is 23.9. The van der Waals surface area contributed by atoms with Gasteiger partial charge in [-0.1, -0.05) is 81.9 Å². The number of esters is 3. The van der Waals surface area contributed by atoms with Crippen molar-refractivity contribution >= 4 is 49.3 Å². The first-order valence-corrected chi connectivity index (χ1v) is 21.4. The van der Waals surface area contributed by atoms with Crippen LogP contribution in [0.2, 0.25) is 0 Å². The van der Waals surface area contributed by atoms with Crippen LogP contribution in [0, 0.1) is 5.92 Å². The molecule has 300 valence electrons. The molecule has 1 spiro atoms. The van der Waals surface area contributed by atoms with E-state index in [9.17, 15) is 22.8 Å². The van der Waals surface area contributed by atoms with Gasteiger partial charge in [-0.25, -0.2) is 18.2 Å². The van der Waals surface area contributed by atoms with Gasteiger partial charge in [-0.2, -0.15) is 0 Å². The maximum Gasteiger partial charge on any atom is 0.331 e. The third-order valence-electron chi connectivity index (χ3n) is 9.81. The van der Waals surface area contributed by atoms with Crippen molar-refractivity contribution in [3.8, 4) is 0 Å². The fraction of sp³-hybridized carbons (Fsp3) is 0.524. The highest BCUT2D eigenvalue weighted by atomic mass is 32.2. The number of hydrogen-bond donors (Lipinski definition) is 0. The number of rotatable bonds is 20. The molecule has 3 heterocycles. The van der Waals surface area contributed by atoms with Gasteiger partial charge in [-0.15, -0.1) is 11.3 Å². The van der Waals surface area contributed by atoms with Crippen molar-refractivity contribution in [2.75, 3.05) is 19.0 Å². The summed E-state index contributed by atoms with van der Waals surface area (Å²) in [5.74, 6) is -2.54. The number of carbonyl (C=O) groups is 3. The Labute approximate surface area is 329 Å². The Morgan fingerprint density at radius 3 is 2.51 bits per heavy atom. The lowest BCUT2D eigenvalue weighted by Crippen LogP contribution is -2.50. The molecule has 4 rings (SSSR count). The number of fused-ring (bicyclic) bond motifs is 1. The van der Waals surface area contributed by atoms with Crippen molar-refractivity contribution < 1.29 is 46.5 Å². The van der Waals surface area contributed by atoms with Gasteiger partial charge < -0.3 is 23.7 Å². The van der Waals surface area contributed by atoms with Gasteiger partial charge in [0.1, 0.15) is 24.9 Å². The van der Waals surface area contributed by atoms with Gasteiger partial charge in [0.25, 0.3) is 0 Å². The van der Waals surface area contributed by atoms with E-state index in [0.29, 0.717) is 48.8 Å². The Morgan fingerprint density at radius 1 is 1.05 bits per heavy atom. The van der Waals surface area contributed by atoms with Crippen LogP contribution < -0.4 is 0 Å². The Balaban J connectivity index is 1.53. The van der Waals surface area contributed by atoms with E-state index in [4.69, 9.17) is 23.7 Å². The molecule has 0 amide bonds. The standard InChI is InChI=1S/C42H55NO10S2/c1-7-10-22-41(36(18-16-30(4)28-39(46)50-27-9-3)51-38(45)20-19-37(44)49-26-8-2)24-25-42(53-41)23-21-32(6)34(52-42)17-15-31(5)29-55(47,48)40-43-33-13-11-12-14-35(33)54-40/h8-9,11-16,18,28,32,34,36H,2-3,7,10,17,19-27,29H2,1,4-6H3/b18-16+,30-28+,31-15+/t32-,34+,36-,41+,42-/m0/s1. The van der Waals surface area contributed by atoms with E-state index in [-0.39, 0.29) is 48.2 Å². The molecule has 2 aliphatic rings. The van der Waals surface area contributed by atoms with Gasteiger partial charge >= 0.3 is 17.9 Å². The van der Waals surface area contributed by atoms with Gasteiger partial charge in [-0.3, -0.25) is 9.59 Å². The van der Waals surface area contributed by atoms with Crippen LogP contribution in [0.3, 0.4) is 0 Å². The third-order valence-corrected chi connectivity index (χ3v) is 13.1. The van der Waals surface area contributed by atoms with Crippen LogP contribution in [-0.2, 0) is 47.9 Å². The molecule has 2 fully saturated rings. The molecular weight excluding hydrogens is 743 g/mol. The minimum absolute atomic E-state index is 0.0500. The van der Waals surface area contributed by atoms with Crippen LogP contribution in [0.5, 0.6) is 0 Å². The number of sulfone groups is 1. The molecule has 0 bridgehead atoms. The fourth-order valence-electron chi connectivity index (χ4n) is 6.82. The average Bonchev–Trinajstić information content (AvgIpc) is 3.76. The summed E-state index contributed by atoms with van der Waals surface area (Å²) in [5.41, 5.74) is 1.01. The smallest absolute Gasteiger partial charge is 0.331 e. The van der Waals surface area contributed by atoms with E-state index in [0.717, 1.165) is 24.0 Å². The highest BCUT2D eigenvalue weighted by Crippen LogP contribution is 2.51. The maximum absolute atomic E-state index is 13.3. The number of nitrogens with zero attached hydrogens (tertiary/aromatic N) is 1. The second kappa shape index (κ2) is 20.3. The summed E-state index contributed by atoms with van der Waals surface area (Å²) in [4.78, 5) is 42.0. The van der Waals surface area contributed by atoms with Crippen molar-refractivity contribution in [3.05, 3.63) is 85.0 Å². The molecule has 0 saturated carbocycles. The number of carbonyl (C=O) groups excluding carboxylic acids is 3. The zero-order valence-corrected chi connectivity index (χ0v) is 34.1. The van der Waals surface area contributed by atoms with Crippen LogP contribution in [0.25, 0.3) is 10.2 Å². The summed E-state index contributed by atoms with van der Waals surface area (Å²) in [7, 11) is -3.63. The number of aromatic nitrogens is 1. The minimum Gasteiger partial charge on any atom is -0.461 e. The average molecular weight is 798 g/mol. The Hall–Kier alpha value is -3.91. The number of para-hydroxylation sites is 1. The van der Waals surface area contributed by atoms with Crippen molar-refractivity contribution in [2.24, 2.45) is 5.92 Å². The van der Waals surface area contributed by atoms with Crippen molar-refractivity contribution in [1.82, 2.24) is 4.98 Å². The predicted molar refractivity (Wildman–Crippen MR) is 213 cm³/mol. The highest BCUT2D eigenvalue weighted by Gasteiger charge is 2.56. The number of ether oxygens (including phenoxy) is 5. The van der Waals surface area contributed by atoms with E-state index in [1.807, 2.05) is 37.3 Å². The molecule has 0 unspecified atom stereocenters. The summed E-state index contributed by atoms with van der Waals surface area (Å²) < 4.78 is 57.6. The first-order chi connectivity index (χ1) is 26.2. The molecule has 2 saturated heterocycles. The molecule has 2 aromatic rings. The lowest BCUT2D eigenvalue weighted by Gasteiger charge is -2.44. The lowest BCUT2D eigenvalue weighted by molar-refractivity contribution is -0.308. The Morgan fingerprint density at radius 2 is 1.78 bits per heavy atom. The zero-order valence-electron chi connectivity index (χ0n) is 32.5. The SMILES string of the molecule is C=CCOC(=O)/C=C(C)/C=C/[C@H](OC(=O)CCC(=O)OCC=C)[C@@]1(CCCC)CC[C@]2(CC[C@H](C)[C@@H](C/C=C(\C)CS(=O)(=O)c3nc4ccccc4s3)O2)O1. The molecule has 55 heavy (non-hydrogen) atoms. The summed E-state index contributed by atoms with van der Waals surface area (Å²) in [5, 5.41) is 0.